The molecule has 1 saturated heterocycles. The Bertz CT molecular complexity index is 1020. The van der Waals surface area contributed by atoms with Gasteiger partial charge in [0.25, 0.3) is 0 Å². The van der Waals surface area contributed by atoms with E-state index in [1.807, 2.05) is 18.2 Å². The molecule has 0 aliphatic carbocycles. The van der Waals surface area contributed by atoms with Crippen LogP contribution in [0.15, 0.2) is 42.0 Å². The summed E-state index contributed by atoms with van der Waals surface area (Å²) in [5.41, 5.74) is 2.24. The van der Waals surface area contributed by atoms with Gasteiger partial charge in [0.1, 0.15) is 11.6 Å². The Hall–Kier alpha value is -2.37. The van der Waals surface area contributed by atoms with Crippen LogP contribution in [-0.4, -0.2) is 61.6 Å². The molecular weight excluding hydrogens is 448 g/mol. The molecule has 6 nitrogen and oxygen atoms in total. The van der Waals surface area contributed by atoms with Crippen LogP contribution >= 0.6 is 11.8 Å². The van der Waals surface area contributed by atoms with E-state index in [0.717, 1.165) is 41.1 Å². The summed E-state index contributed by atoms with van der Waals surface area (Å²) in [4.78, 5) is 15.0. The fourth-order valence-electron chi connectivity index (χ4n) is 4.25. The lowest BCUT2D eigenvalue weighted by molar-refractivity contribution is -0.107. The van der Waals surface area contributed by atoms with E-state index in [1.54, 1.807) is 6.08 Å². The van der Waals surface area contributed by atoms with Crippen molar-refractivity contribution in [2.45, 2.75) is 38.6 Å². The molecule has 34 heavy (non-hydrogen) atoms. The van der Waals surface area contributed by atoms with Gasteiger partial charge in [-0.15, -0.1) is 0 Å². The van der Waals surface area contributed by atoms with Crippen LogP contribution in [0.1, 0.15) is 38.2 Å². The number of ether oxygens (including phenoxy) is 2. The Morgan fingerprint density at radius 3 is 2.68 bits per heavy atom. The molecule has 7 heteroatoms. The summed E-state index contributed by atoms with van der Waals surface area (Å²) in [5, 5.41) is 20.1. The number of aliphatic hydroxyl groups is 1. The highest BCUT2D eigenvalue weighted by molar-refractivity contribution is 8.14. The van der Waals surface area contributed by atoms with Crippen LogP contribution < -0.4 is 4.90 Å². The molecule has 1 unspecified atom stereocenters. The third kappa shape index (κ3) is 7.57. The van der Waals surface area contributed by atoms with Gasteiger partial charge in [-0.2, -0.15) is 5.26 Å². The van der Waals surface area contributed by atoms with Crippen molar-refractivity contribution in [3.05, 3.63) is 47.5 Å². The number of piperidine rings is 1. The second kappa shape index (κ2) is 14.1. The predicted molar refractivity (Wildman–Crippen MR) is 139 cm³/mol. The maximum absolute atomic E-state index is 12.5. The van der Waals surface area contributed by atoms with Gasteiger partial charge >= 0.3 is 0 Å². The van der Waals surface area contributed by atoms with E-state index in [2.05, 4.69) is 36.1 Å². The van der Waals surface area contributed by atoms with Crippen LogP contribution in [-0.2, 0) is 14.3 Å². The topological polar surface area (TPSA) is 82.8 Å². The minimum absolute atomic E-state index is 0.0101. The molecule has 0 aromatic heterocycles. The van der Waals surface area contributed by atoms with E-state index < -0.39 is 0 Å². The molecule has 1 atom stereocenters. The molecule has 1 fully saturated rings. The van der Waals surface area contributed by atoms with Crippen LogP contribution in [0.25, 0.3) is 16.8 Å². The smallest absolute Gasteiger partial charge is 0.229 e. The summed E-state index contributed by atoms with van der Waals surface area (Å²) in [7, 11) is 0. The Morgan fingerprint density at radius 2 is 1.91 bits per heavy atom. The molecule has 1 N–H and O–H groups in total. The van der Waals surface area contributed by atoms with Gasteiger partial charge < -0.3 is 19.5 Å². The zero-order valence-electron chi connectivity index (χ0n) is 19.9. The van der Waals surface area contributed by atoms with E-state index in [0.29, 0.717) is 38.2 Å². The fraction of sp³-hybridized carbons (Fsp3) is 0.481. The molecule has 2 aromatic rings. The number of carbonyl (C=O) groups excluding carboxylic acids is 1. The Morgan fingerprint density at radius 1 is 1.15 bits per heavy atom. The minimum atomic E-state index is -0.256. The number of fused-ring (bicyclic) bond motifs is 1. The number of benzene rings is 2. The van der Waals surface area contributed by atoms with Crippen molar-refractivity contribution in [1.29, 1.82) is 5.26 Å². The lowest BCUT2D eigenvalue weighted by Gasteiger charge is -2.37. The van der Waals surface area contributed by atoms with E-state index >= 15 is 0 Å². The van der Waals surface area contributed by atoms with Crippen LogP contribution in [0.2, 0.25) is 0 Å². The number of thioether (sulfide) groups is 1. The average Bonchev–Trinajstić information content (AvgIpc) is 2.88. The lowest BCUT2D eigenvalue weighted by Crippen LogP contribution is -2.39. The number of aliphatic hydroxyl groups excluding tert-OH is 1. The van der Waals surface area contributed by atoms with Crippen molar-refractivity contribution >= 4 is 39.4 Å². The molecular formula is C27H34N2O4S. The minimum Gasteiger partial charge on any atom is -0.394 e. The first kappa shape index (κ1) is 26.2. The van der Waals surface area contributed by atoms with Crippen molar-refractivity contribution in [3.8, 4) is 6.07 Å². The summed E-state index contributed by atoms with van der Waals surface area (Å²) < 4.78 is 10.5. The Balaban J connectivity index is 1.59. The number of nitriles is 1. The highest BCUT2D eigenvalue weighted by Gasteiger charge is 2.21. The number of hydrogen-bond donors (Lipinski definition) is 1. The van der Waals surface area contributed by atoms with Crippen molar-refractivity contribution in [3.63, 3.8) is 0 Å². The molecule has 182 valence electrons. The van der Waals surface area contributed by atoms with E-state index in [9.17, 15) is 10.1 Å². The van der Waals surface area contributed by atoms with Crippen LogP contribution in [0, 0.1) is 11.3 Å². The highest BCUT2D eigenvalue weighted by Crippen LogP contribution is 2.30. The van der Waals surface area contributed by atoms with Crippen molar-refractivity contribution in [2.75, 3.05) is 50.2 Å². The van der Waals surface area contributed by atoms with Gasteiger partial charge in [0.2, 0.25) is 5.12 Å². The normalized spacial score (nSPS) is 16.6. The summed E-state index contributed by atoms with van der Waals surface area (Å²) in [5.74, 6) is 0.466. The van der Waals surface area contributed by atoms with Gasteiger partial charge in [0.05, 0.1) is 33.0 Å². The number of nitrogens with zero attached hydrogens (tertiary/aromatic N) is 2. The monoisotopic (exact) mass is 482 g/mol. The number of rotatable bonds is 12. The van der Waals surface area contributed by atoms with Crippen molar-refractivity contribution in [1.82, 2.24) is 0 Å². The first-order chi connectivity index (χ1) is 16.7. The van der Waals surface area contributed by atoms with Crippen molar-refractivity contribution in [2.24, 2.45) is 0 Å². The molecule has 0 amide bonds. The predicted octanol–water partition coefficient (Wildman–Crippen LogP) is 4.80. The SMILES string of the molecule is CCC1CCCCN1c1ccc2cc(/C=C(\C#N)C(=O)SCCOCCOCCO)ccc2c1. The maximum atomic E-state index is 12.5. The van der Waals surface area contributed by atoms with E-state index in [1.165, 1.54) is 24.9 Å². The molecule has 0 bridgehead atoms. The number of hydrogen-bond acceptors (Lipinski definition) is 7. The van der Waals surface area contributed by atoms with Crippen molar-refractivity contribution < 1.29 is 19.4 Å². The van der Waals surface area contributed by atoms with Gasteiger partial charge in [-0.05, 0) is 66.3 Å². The summed E-state index contributed by atoms with van der Waals surface area (Å²) in [6.07, 6.45) is 6.63. The fourth-order valence-corrected chi connectivity index (χ4v) is 4.89. The van der Waals surface area contributed by atoms with Gasteiger partial charge in [0, 0.05) is 24.0 Å². The second-order valence-electron chi connectivity index (χ2n) is 8.30. The average molecular weight is 483 g/mol. The van der Waals surface area contributed by atoms with Crippen LogP contribution in [0.3, 0.4) is 0 Å². The molecule has 2 aromatic carbocycles. The molecule has 0 spiro atoms. The summed E-state index contributed by atoms with van der Waals surface area (Å²) in [6.45, 7) is 4.86. The van der Waals surface area contributed by atoms with Gasteiger partial charge in [-0.1, -0.05) is 36.9 Å². The molecule has 0 radical (unpaired) electrons. The van der Waals surface area contributed by atoms with Gasteiger partial charge in [-0.25, -0.2) is 0 Å². The number of anilines is 1. The molecule has 3 rings (SSSR count). The third-order valence-electron chi connectivity index (χ3n) is 6.00. The second-order valence-corrected chi connectivity index (χ2v) is 9.36. The number of carbonyl (C=O) groups is 1. The Kier molecular flexibility index (Phi) is 10.9. The largest absolute Gasteiger partial charge is 0.394 e. The summed E-state index contributed by atoms with van der Waals surface area (Å²) >= 11 is 1.08. The first-order valence-corrected chi connectivity index (χ1v) is 13.0. The van der Waals surface area contributed by atoms with Gasteiger partial charge in [-0.3, -0.25) is 4.79 Å². The van der Waals surface area contributed by atoms with E-state index in [-0.39, 0.29) is 17.3 Å². The van der Waals surface area contributed by atoms with Gasteiger partial charge in [0.15, 0.2) is 0 Å². The molecule has 1 heterocycles. The quantitative estimate of drug-likeness (QED) is 0.264. The standard InChI is InChI=1S/C27H34N2O4S/c1-2-25-5-3-4-10-29(25)26-9-8-22-17-21(6-7-23(22)19-26)18-24(20-28)27(31)34-16-15-33-14-13-32-12-11-30/h6-9,17-19,25,30H,2-5,10-16H2,1H3/b24-18+. The lowest BCUT2D eigenvalue weighted by atomic mass is 9.98. The molecule has 1 aliphatic heterocycles. The van der Waals surface area contributed by atoms with Crippen LogP contribution in [0.5, 0.6) is 0 Å². The Labute approximate surface area is 206 Å². The van der Waals surface area contributed by atoms with E-state index in [4.69, 9.17) is 14.6 Å². The van der Waals surface area contributed by atoms with Crippen LogP contribution in [0.4, 0.5) is 5.69 Å². The zero-order valence-corrected chi connectivity index (χ0v) is 20.7. The maximum Gasteiger partial charge on any atom is 0.229 e. The molecule has 0 saturated carbocycles. The highest BCUT2D eigenvalue weighted by atomic mass is 32.2. The third-order valence-corrected chi connectivity index (χ3v) is 6.85. The molecule has 1 aliphatic rings. The first-order valence-electron chi connectivity index (χ1n) is 12.0. The zero-order chi connectivity index (χ0) is 24.2. The summed E-state index contributed by atoms with van der Waals surface area (Å²) in [6, 6.07) is 15.3.